The minimum Gasteiger partial charge on any atom is -0.481 e. The number of carboxylic acid groups (broad SMARTS) is 1. The molecule has 1 saturated heterocycles. The van der Waals surface area contributed by atoms with Gasteiger partial charge in [-0.2, -0.15) is 0 Å². The number of rotatable bonds is 7. The molecule has 2 rings (SSSR count). The van der Waals surface area contributed by atoms with E-state index in [0.717, 1.165) is 22.9 Å². The van der Waals surface area contributed by atoms with E-state index in [2.05, 4.69) is 5.32 Å². The third-order valence-corrected chi connectivity index (χ3v) is 4.77. The number of benzene rings is 1. The molecule has 0 aromatic heterocycles. The lowest BCUT2D eigenvalue weighted by Crippen LogP contribution is -2.40. The molecule has 0 spiro atoms. The van der Waals surface area contributed by atoms with Crippen molar-refractivity contribution in [2.24, 2.45) is 0 Å². The largest absolute Gasteiger partial charge is 0.481 e. The van der Waals surface area contributed by atoms with Crippen molar-refractivity contribution in [3.63, 3.8) is 0 Å². The van der Waals surface area contributed by atoms with Crippen molar-refractivity contribution in [2.45, 2.75) is 13.3 Å². The summed E-state index contributed by atoms with van der Waals surface area (Å²) in [6, 6.07) is 9.72. The van der Waals surface area contributed by atoms with Gasteiger partial charge in [0, 0.05) is 6.54 Å². The Morgan fingerprint density at radius 1 is 1.31 bits per heavy atom. The molecule has 1 aliphatic heterocycles. The molecule has 1 aromatic carbocycles. The van der Waals surface area contributed by atoms with Crippen LogP contribution in [0.15, 0.2) is 46.9 Å². The first-order valence-corrected chi connectivity index (χ1v) is 9.06. The van der Waals surface area contributed by atoms with Crippen molar-refractivity contribution in [1.29, 1.82) is 0 Å². The number of thioether (sulfide) groups is 1. The Bertz CT molecular complexity index is 788. The normalized spacial score (nSPS) is 16.3. The van der Waals surface area contributed by atoms with E-state index in [-0.39, 0.29) is 25.4 Å². The Kier molecular flexibility index (Phi) is 7.11. The fourth-order valence-electron chi connectivity index (χ4n) is 2.21. The molecule has 0 unspecified atom stereocenters. The van der Waals surface area contributed by atoms with Crippen LogP contribution in [0.3, 0.4) is 0 Å². The molecule has 0 radical (unpaired) electrons. The van der Waals surface area contributed by atoms with Gasteiger partial charge in [-0.3, -0.25) is 19.3 Å². The second-order valence-electron chi connectivity index (χ2n) is 5.56. The molecule has 0 bridgehead atoms. The lowest BCUT2D eigenvalue weighted by Gasteiger charge is -2.13. The van der Waals surface area contributed by atoms with Crippen LogP contribution in [0.2, 0.25) is 0 Å². The first-order valence-electron chi connectivity index (χ1n) is 7.84. The third kappa shape index (κ3) is 5.82. The molecular formula is C18H18N2O4S2. The molecule has 2 N–H and O–H groups in total. The van der Waals surface area contributed by atoms with Gasteiger partial charge in [-0.05, 0) is 24.1 Å². The molecule has 1 fully saturated rings. The second kappa shape index (κ2) is 9.30. The predicted molar refractivity (Wildman–Crippen MR) is 105 cm³/mol. The summed E-state index contributed by atoms with van der Waals surface area (Å²) in [6.07, 6.45) is 3.52. The Labute approximate surface area is 160 Å². The number of aliphatic carboxylic acids is 1. The standard InChI is InChI=1S/C18H18N2O4S2/c1-12(9-13-5-3-2-4-6-13)10-14-17(24)20(18(25)26-14)11-15(21)19-8-7-16(22)23/h2-6,9-10H,7-8,11H2,1H3,(H,19,21)(H,22,23)/b12-9+,14-10-. The summed E-state index contributed by atoms with van der Waals surface area (Å²) in [5.74, 6) is -1.77. The average molecular weight is 390 g/mol. The molecule has 1 heterocycles. The van der Waals surface area contributed by atoms with E-state index >= 15 is 0 Å². The van der Waals surface area contributed by atoms with Crippen molar-refractivity contribution in [3.05, 3.63) is 52.4 Å². The summed E-state index contributed by atoms with van der Waals surface area (Å²) in [6.45, 7) is 1.68. The molecule has 1 aromatic rings. The number of nitrogens with zero attached hydrogens (tertiary/aromatic N) is 1. The molecule has 26 heavy (non-hydrogen) atoms. The maximum Gasteiger partial charge on any atom is 0.305 e. The van der Waals surface area contributed by atoms with Gasteiger partial charge in [0.05, 0.1) is 11.3 Å². The first kappa shape index (κ1) is 19.9. The van der Waals surface area contributed by atoms with Gasteiger partial charge in [0.2, 0.25) is 5.91 Å². The van der Waals surface area contributed by atoms with Crippen LogP contribution >= 0.6 is 24.0 Å². The zero-order valence-corrected chi connectivity index (χ0v) is 15.7. The van der Waals surface area contributed by atoms with Gasteiger partial charge in [0.15, 0.2) is 0 Å². The number of hydrogen-bond donors (Lipinski definition) is 2. The van der Waals surface area contributed by atoms with Crippen LogP contribution in [-0.4, -0.2) is 45.2 Å². The third-order valence-electron chi connectivity index (χ3n) is 3.39. The number of nitrogens with one attached hydrogen (secondary N) is 1. The van der Waals surface area contributed by atoms with Crippen LogP contribution in [0.5, 0.6) is 0 Å². The average Bonchev–Trinajstić information content (AvgIpc) is 2.83. The summed E-state index contributed by atoms with van der Waals surface area (Å²) in [5, 5.41) is 11.0. The molecule has 0 atom stereocenters. The van der Waals surface area contributed by atoms with E-state index in [1.54, 1.807) is 6.08 Å². The second-order valence-corrected chi connectivity index (χ2v) is 7.24. The van der Waals surface area contributed by atoms with Crippen LogP contribution in [0.4, 0.5) is 0 Å². The van der Waals surface area contributed by atoms with E-state index < -0.39 is 11.9 Å². The molecule has 6 nitrogen and oxygen atoms in total. The summed E-state index contributed by atoms with van der Waals surface area (Å²) in [7, 11) is 0. The Morgan fingerprint density at radius 2 is 2.00 bits per heavy atom. The molecule has 1 aliphatic rings. The smallest absolute Gasteiger partial charge is 0.305 e. The number of carbonyl (C=O) groups is 3. The molecule has 0 aliphatic carbocycles. The summed E-state index contributed by atoms with van der Waals surface area (Å²) < 4.78 is 0.308. The van der Waals surface area contributed by atoms with Gasteiger partial charge in [-0.15, -0.1) is 0 Å². The Hall–Kier alpha value is -2.45. The maximum absolute atomic E-state index is 12.5. The molecular weight excluding hydrogens is 372 g/mol. The van der Waals surface area contributed by atoms with Gasteiger partial charge in [-0.1, -0.05) is 60.4 Å². The number of amides is 2. The Morgan fingerprint density at radius 3 is 2.65 bits per heavy atom. The SMILES string of the molecule is CC(/C=C1\SC(=S)N(CC(=O)NCCC(=O)O)C1=O)=C\c1ccccc1. The monoisotopic (exact) mass is 390 g/mol. The van der Waals surface area contributed by atoms with Crippen LogP contribution in [0, 0.1) is 0 Å². The Balaban J connectivity index is 2.00. The van der Waals surface area contributed by atoms with Crippen molar-refractivity contribution in [3.8, 4) is 0 Å². The highest BCUT2D eigenvalue weighted by atomic mass is 32.2. The van der Waals surface area contributed by atoms with E-state index in [0.29, 0.717) is 9.23 Å². The minimum absolute atomic E-state index is 0.0116. The molecule has 136 valence electrons. The van der Waals surface area contributed by atoms with Gasteiger partial charge in [0.25, 0.3) is 5.91 Å². The predicted octanol–water partition coefficient (Wildman–Crippen LogP) is 2.43. The zero-order valence-electron chi connectivity index (χ0n) is 14.1. The highest BCUT2D eigenvalue weighted by Crippen LogP contribution is 2.31. The van der Waals surface area contributed by atoms with Crippen molar-refractivity contribution in [1.82, 2.24) is 10.2 Å². The molecule has 0 saturated carbocycles. The molecule has 8 heteroatoms. The zero-order chi connectivity index (χ0) is 19.1. The van der Waals surface area contributed by atoms with Crippen LogP contribution in [0.1, 0.15) is 18.9 Å². The highest BCUT2D eigenvalue weighted by molar-refractivity contribution is 8.26. The molecule has 2 amide bonds. The number of hydrogen-bond acceptors (Lipinski definition) is 5. The van der Waals surface area contributed by atoms with Gasteiger partial charge in [0.1, 0.15) is 10.9 Å². The first-order chi connectivity index (χ1) is 12.4. The fourth-order valence-corrected chi connectivity index (χ4v) is 3.51. The maximum atomic E-state index is 12.5. The van der Waals surface area contributed by atoms with E-state index in [4.69, 9.17) is 17.3 Å². The number of carbonyl (C=O) groups excluding carboxylic acids is 2. The lowest BCUT2D eigenvalue weighted by molar-refractivity contribution is -0.137. The minimum atomic E-state index is -1.00. The fraction of sp³-hybridized carbons (Fsp3) is 0.222. The van der Waals surface area contributed by atoms with Crippen LogP contribution in [0.25, 0.3) is 6.08 Å². The quantitative estimate of drug-likeness (QED) is 0.549. The van der Waals surface area contributed by atoms with Crippen LogP contribution in [-0.2, 0) is 14.4 Å². The van der Waals surface area contributed by atoms with Gasteiger partial charge < -0.3 is 10.4 Å². The topological polar surface area (TPSA) is 86.7 Å². The summed E-state index contributed by atoms with van der Waals surface area (Å²) >= 11 is 6.33. The number of thiocarbonyl (C=S) groups is 1. The van der Waals surface area contributed by atoms with Crippen molar-refractivity contribution < 1.29 is 19.5 Å². The van der Waals surface area contributed by atoms with Gasteiger partial charge in [-0.25, -0.2) is 0 Å². The van der Waals surface area contributed by atoms with Crippen molar-refractivity contribution in [2.75, 3.05) is 13.1 Å². The van der Waals surface area contributed by atoms with Crippen LogP contribution < -0.4 is 5.32 Å². The lowest BCUT2D eigenvalue weighted by atomic mass is 10.1. The number of allylic oxidation sites excluding steroid dienone is 2. The highest BCUT2D eigenvalue weighted by Gasteiger charge is 2.33. The van der Waals surface area contributed by atoms with Crippen molar-refractivity contribution >= 4 is 52.2 Å². The van der Waals surface area contributed by atoms with E-state index in [9.17, 15) is 14.4 Å². The van der Waals surface area contributed by atoms with E-state index in [1.807, 2.05) is 43.3 Å². The number of carboxylic acids is 1. The summed E-state index contributed by atoms with van der Waals surface area (Å²) in [4.78, 5) is 36.4. The van der Waals surface area contributed by atoms with E-state index in [1.165, 1.54) is 4.90 Å². The summed E-state index contributed by atoms with van der Waals surface area (Å²) in [5.41, 5.74) is 1.91. The van der Waals surface area contributed by atoms with Gasteiger partial charge >= 0.3 is 5.97 Å².